The largest absolute Gasteiger partial charge is 2.00 e. The molecule has 0 aliphatic rings. The predicted molar refractivity (Wildman–Crippen MR) is 104 cm³/mol. The third-order valence-corrected chi connectivity index (χ3v) is 3.92. The van der Waals surface area contributed by atoms with E-state index in [1.807, 2.05) is 109 Å². The van der Waals surface area contributed by atoms with Gasteiger partial charge in [-0.2, -0.15) is 24.3 Å². The van der Waals surface area contributed by atoms with Crippen LogP contribution in [0.4, 0.5) is 0 Å². The van der Waals surface area contributed by atoms with Crippen LogP contribution in [0.5, 0.6) is 0 Å². The molecule has 0 saturated heterocycles. The zero-order valence-corrected chi connectivity index (χ0v) is 16.3. The van der Waals surface area contributed by atoms with Crippen LogP contribution >= 0.6 is 0 Å². The van der Waals surface area contributed by atoms with Crippen LogP contribution in [0, 0.1) is 0 Å². The SMILES string of the molecule is O=C(c1ccccc1)[c-]1cccc1.O=C(c1ccccc1)[c-]1cccc1.[Ru+2]. The molecule has 0 saturated carbocycles. The average Bonchev–Trinajstić information content (AvgIpc) is 3.43. The van der Waals surface area contributed by atoms with E-state index in [-0.39, 0.29) is 31.0 Å². The first-order valence-electron chi connectivity index (χ1n) is 8.38. The summed E-state index contributed by atoms with van der Waals surface area (Å²) in [5, 5.41) is 0. The van der Waals surface area contributed by atoms with Gasteiger partial charge in [0.05, 0.1) is 0 Å². The molecule has 0 atom stereocenters. The van der Waals surface area contributed by atoms with Crippen LogP contribution in [0.2, 0.25) is 0 Å². The summed E-state index contributed by atoms with van der Waals surface area (Å²) in [7, 11) is 0. The van der Waals surface area contributed by atoms with Gasteiger partial charge in [0.25, 0.3) is 0 Å². The molecule has 0 heterocycles. The molecule has 0 unspecified atom stereocenters. The summed E-state index contributed by atoms with van der Waals surface area (Å²) in [5.74, 6) is 0.177. The first-order chi connectivity index (χ1) is 12.8. The van der Waals surface area contributed by atoms with Gasteiger partial charge in [0.1, 0.15) is 11.6 Å². The number of hydrogen-bond donors (Lipinski definition) is 0. The molecule has 0 radical (unpaired) electrons. The van der Waals surface area contributed by atoms with Crippen molar-refractivity contribution in [2.75, 3.05) is 0 Å². The Bertz CT molecular complexity index is 857. The topological polar surface area (TPSA) is 34.1 Å². The molecule has 4 aromatic carbocycles. The second-order valence-corrected chi connectivity index (χ2v) is 5.74. The minimum absolute atomic E-state index is 0. The summed E-state index contributed by atoms with van der Waals surface area (Å²) in [4.78, 5) is 23.4. The molecule has 0 aromatic heterocycles. The van der Waals surface area contributed by atoms with Gasteiger partial charge in [-0.15, -0.1) is 24.3 Å². The normalized spacial score (nSPS) is 9.48. The van der Waals surface area contributed by atoms with E-state index in [1.54, 1.807) is 0 Å². The van der Waals surface area contributed by atoms with Crippen LogP contribution in [0.3, 0.4) is 0 Å². The molecule has 0 amide bonds. The Kier molecular flexibility index (Phi) is 7.79. The minimum atomic E-state index is 0. The van der Waals surface area contributed by atoms with E-state index in [2.05, 4.69) is 0 Å². The number of rotatable bonds is 4. The van der Waals surface area contributed by atoms with Gasteiger partial charge in [-0.25, -0.2) is 0 Å². The first-order valence-corrected chi connectivity index (χ1v) is 8.38. The predicted octanol–water partition coefficient (Wildman–Crippen LogP) is 5.27. The van der Waals surface area contributed by atoms with E-state index in [0.717, 1.165) is 22.3 Å². The molecular weight excluding hydrogens is 421 g/mol. The number of ketones is 2. The average molecular weight is 439 g/mol. The molecule has 2 nitrogen and oxygen atoms in total. The Labute approximate surface area is 172 Å². The fourth-order valence-corrected chi connectivity index (χ4v) is 2.56. The van der Waals surface area contributed by atoms with Crippen molar-refractivity contribution >= 4 is 11.6 Å². The maximum Gasteiger partial charge on any atom is 2.00 e. The van der Waals surface area contributed by atoms with Crippen molar-refractivity contribution in [1.82, 2.24) is 0 Å². The number of carbonyl (C=O) groups is 2. The fourth-order valence-electron chi connectivity index (χ4n) is 2.56. The summed E-state index contributed by atoms with van der Waals surface area (Å²) in [6.45, 7) is 0. The molecule has 3 heteroatoms. The van der Waals surface area contributed by atoms with Gasteiger partial charge in [0.15, 0.2) is 0 Å². The van der Waals surface area contributed by atoms with Crippen molar-refractivity contribution in [2.24, 2.45) is 0 Å². The van der Waals surface area contributed by atoms with Gasteiger partial charge in [-0.3, -0.25) is 0 Å². The van der Waals surface area contributed by atoms with Gasteiger partial charge in [0.2, 0.25) is 0 Å². The second kappa shape index (κ2) is 10.3. The van der Waals surface area contributed by atoms with Crippen LogP contribution in [0.1, 0.15) is 31.8 Å². The van der Waals surface area contributed by atoms with Crippen molar-refractivity contribution in [2.45, 2.75) is 0 Å². The number of benzene rings is 2. The minimum Gasteiger partial charge on any atom is -0.311 e. The van der Waals surface area contributed by atoms with Crippen LogP contribution in [-0.4, -0.2) is 11.6 Å². The zero-order valence-electron chi connectivity index (χ0n) is 14.6. The second-order valence-electron chi connectivity index (χ2n) is 5.74. The molecule has 0 N–H and O–H groups in total. The van der Waals surface area contributed by atoms with Crippen molar-refractivity contribution < 1.29 is 29.1 Å². The maximum absolute atomic E-state index is 11.7. The zero-order chi connectivity index (χ0) is 18.2. The van der Waals surface area contributed by atoms with Gasteiger partial charge in [-0.1, -0.05) is 82.9 Å². The van der Waals surface area contributed by atoms with Gasteiger partial charge < -0.3 is 9.59 Å². The molecule has 0 bridgehead atoms. The van der Waals surface area contributed by atoms with Crippen LogP contribution in [0.15, 0.2) is 109 Å². The molecule has 0 fully saturated rings. The summed E-state index contributed by atoms with van der Waals surface area (Å²) >= 11 is 0. The van der Waals surface area contributed by atoms with Gasteiger partial charge in [-0.05, 0) is 0 Å². The Balaban J connectivity index is 0.000000187. The molecule has 4 aromatic rings. The third-order valence-electron chi connectivity index (χ3n) is 3.92. The Morgan fingerprint density at radius 1 is 0.481 bits per heavy atom. The van der Waals surface area contributed by atoms with Crippen molar-refractivity contribution in [1.29, 1.82) is 0 Å². The van der Waals surface area contributed by atoms with Gasteiger partial charge >= 0.3 is 19.5 Å². The summed E-state index contributed by atoms with van der Waals surface area (Å²) < 4.78 is 0. The molecule has 0 aliphatic heterocycles. The van der Waals surface area contributed by atoms with E-state index in [4.69, 9.17) is 0 Å². The summed E-state index contributed by atoms with van der Waals surface area (Å²) in [6.07, 6.45) is 0. The maximum atomic E-state index is 11.7. The smallest absolute Gasteiger partial charge is 0.311 e. The Morgan fingerprint density at radius 2 is 0.778 bits per heavy atom. The third kappa shape index (κ3) is 5.54. The van der Waals surface area contributed by atoms with Crippen LogP contribution < -0.4 is 0 Å². The van der Waals surface area contributed by atoms with E-state index >= 15 is 0 Å². The van der Waals surface area contributed by atoms with Crippen molar-refractivity contribution in [3.63, 3.8) is 0 Å². The molecule has 0 aliphatic carbocycles. The quantitative estimate of drug-likeness (QED) is 0.247. The Morgan fingerprint density at radius 3 is 1.07 bits per heavy atom. The number of hydrogen-bond acceptors (Lipinski definition) is 2. The van der Waals surface area contributed by atoms with Crippen molar-refractivity contribution in [3.8, 4) is 0 Å². The molecule has 27 heavy (non-hydrogen) atoms. The summed E-state index contributed by atoms with van der Waals surface area (Å²) in [5.41, 5.74) is 3.00. The number of carbonyl (C=O) groups excluding carboxylic acids is 2. The van der Waals surface area contributed by atoms with E-state index in [1.165, 1.54) is 0 Å². The van der Waals surface area contributed by atoms with E-state index in [0.29, 0.717) is 0 Å². The van der Waals surface area contributed by atoms with Crippen LogP contribution in [-0.2, 0) is 19.5 Å². The van der Waals surface area contributed by atoms with Crippen LogP contribution in [0.25, 0.3) is 0 Å². The molecule has 134 valence electrons. The fraction of sp³-hybridized carbons (Fsp3) is 0. The van der Waals surface area contributed by atoms with Gasteiger partial charge in [0, 0.05) is 0 Å². The van der Waals surface area contributed by atoms with E-state index < -0.39 is 0 Å². The first kappa shape index (κ1) is 20.4. The van der Waals surface area contributed by atoms with Crippen molar-refractivity contribution in [3.05, 3.63) is 131 Å². The van der Waals surface area contributed by atoms with E-state index in [9.17, 15) is 9.59 Å². The standard InChI is InChI=1S/2C12H9O.Ru/c2*13-12(11-8-4-5-9-11)10-6-2-1-3-7-10;/h2*1-9H;/q2*-1;+2. The molecule has 4 rings (SSSR count). The summed E-state index contributed by atoms with van der Waals surface area (Å²) in [6, 6.07) is 33.4. The Hall–Kier alpha value is -2.90. The molecular formula is C24H18O2Ru. The molecule has 0 spiro atoms. The monoisotopic (exact) mass is 440 g/mol.